The number of halogens is 2. The van der Waals surface area contributed by atoms with E-state index in [1.807, 2.05) is 4.98 Å². The molecule has 1 aromatic carbocycles. The predicted octanol–water partition coefficient (Wildman–Crippen LogP) is 0.445. The van der Waals surface area contributed by atoms with Crippen molar-refractivity contribution in [2.45, 2.75) is 6.54 Å². The molecule has 0 unspecified atom stereocenters. The fourth-order valence-corrected chi connectivity index (χ4v) is 1.48. The third-order valence-corrected chi connectivity index (χ3v) is 2.38. The summed E-state index contributed by atoms with van der Waals surface area (Å²) in [5, 5.41) is 0. The van der Waals surface area contributed by atoms with Gasteiger partial charge in [-0.1, -0.05) is 6.07 Å². The van der Waals surface area contributed by atoms with Crippen LogP contribution >= 0.6 is 0 Å². The van der Waals surface area contributed by atoms with Gasteiger partial charge >= 0.3 is 5.69 Å². The fraction of sp³-hybridized carbons (Fsp3) is 0.0909. The van der Waals surface area contributed by atoms with Crippen LogP contribution < -0.4 is 17.0 Å². The summed E-state index contributed by atoms with van der Waals surface area (Å²) in [6, 6.07) is 3.28. The van der Waals surface area contributed by atoms with Gasteiger partial charge in [-0.25, -0.2) is 13.6 Å². The van der Waals surface area contributed by atoms with Crippen molar-refractivity contribution in [2.24, 2.45) is 0 Å². The highest BCUT2D eigenvalue weighted by Crippen LogP contribution is 2.09. The van der Waals surface area contributed by atoms with Crippen LogP contribution in [0, 0.1) is 11.6 Å². The van der Waals surface area contributed by atoms with Crippen LogP contribution in [0.25, 0.3) is 0 Å². The van der Waals surface area contributed by atoms with Crippen molar-refractivity contribution in [1.29, 1.82) is 0 Å². The molecule has 0 saturated carbocycles. The second-order valence-corrected chi connectivity index (χ2v) is 3.72. The molecule has 0 fully saturated rings. The predicted molar refractivity (Wildman–Crippen MR) is 61.2 cm³/mol. The van der Waals surface area contributed by atoms with E-state index < -0.39 is 22.9 Å². The molecule has 1 heterocycles. The minimum absolute atomic E-state index is 0.0169. The number of H-pyrrole nitrogens is 1. The van der Waals surface area contributed by atoms with Gasteiger partial charge in [0.1, 0.15) is 5.69 Å². The second-order valence-electron chi connectivity index (χ2n) is 3.72. The number of hydrogen-bond donors (Lipinski definition) is 2. The molecule has 0 spiro atoms. The van der Waals surface area contributed by atoms with Gasteiger partial charge in [-0.3, -0.25) is 14.3 Å². The molecule has 94 valence electrons. The smallest absolute Gasteiger partial charge is 0.328 e. The largest absolute Gasteiger partial charge is 0.393 e. The third kappa shape index (κ3) is 2.29. The Morgan fingerprint density at radius 3 is 2.61 bits per heavy atom. The van der Waals surface area contributed by atoms with E-state index in [1.165, 1.54) is 6.07 Å². The number of anilines is 1. The lowest BCUT2D eigenvalue weighted by Crippen LogP contribution is -2.31. The Labute approximate surface area is 99.5 Å². The number of benzene rings is 1. The highest BCUT2D eigenvalue weighted by molar-refractivity contribution is 5.30. The molecule has 0 bridgehead atoms. The number of hydrogen-bond acceptors (Lipinski definition) is 3. The fourth-order valence-electron chi connectivity index (χ4n) is 1.48. The van der Waals surface area contributed by atoms with Crippen LogP contribution in [-0.2, 0) is 6.54 Å². The highest BCUT2D eigenvalue weighted by Gasteiger charge is 2.05. The van der Waals surface area contributed by atoms with Crippen molar-refractivity contribution in [2.75, 3.05) is 5.73 Å². The molecular weight excluding hydrogens is 244 g/mol. The van der Waals surface area contributed by atoms with Gasteiger partial charge < -0.3 is 5.73 Å². The molecule has 2 aromatic rings. The van der Waals surface area contributed by atoms with Crippen LogP contribution in [0.4, 0.5) is 14.5 Å². The Balaban J connectivity index is 2.40. The summed E-state index contributed by atoms with van der Waals surface area (Å²) in [4.78, 5) is 24.5. The van der Waals surface area contributed by atoms with Gasteiger partial charge in [0, 0.05) is 6.20 Å². The molecule has 0 aliphatic heterocycles. The van der Waals surface area contributed by atoms with Crippen LogP contribution in [0.1, 0.15) is 5.56 Å². The summed E-state index contributed by atoms with van der Waals surface area (Å²) >= 11 is 0. The highest BCUT2D eigenvalue weighted by atomic mass is 19.2. The summed E-state index contributed by atoms with van der Waals surface area (Å²) in [5.74, 6) is -1.97. The molecular formula is C11H9F2N3O2. The summed E-state index contributed by atoms with van der Waals surface area (Å²) in [7, 11) is 0. The molecule has 0 atom stereocenters. The van der Waals surface area contributed by atoms with E-state index in [9.17, 15) is 18.4 Å². The zero-order valence-corrected chi connectivity index (χ0v) is 9.11. The molecule has 5 nitrogen and oxygen atoms in total. The first-order valence-corrected chi connectivity index (χ1v) is 5.00. The maximum Gasteiger partial charge on any atom is 0.328 e. The number of aromatic amines is 1. The van der Waals surface area contributed by atoms with Crippen LogP contribution in [0.5, 0.6) is 0 Å². The lowest BCUT2D eigenvalue weighted by Gasteiger charge is -2.06. The lowest BCUT2D eigenvalue weighted by atomic mass is 10.2. The van der Waals surface area contributed by atoms with Gasteiger partial charge in [-0.2, -0.15) is 0 Å². The summed E-state index contributed by atoms with van der Waals surface area (Å²) in [5.41, 5.74) is 4.26. The first-order valence-electron chi connectivity index (χ1n) is 5.00. The molecule has 0 aliphatic carbocycles. The number of rotatable bonds is 2. The minimum atomic E-state index is -1.00. The molecule has 18 heavy (non-hydrogen) atoms. The zero-order chi connectivity index (χ0) is 13.3. The first kappa shape index (κ1) is 12.0. The number of nitrogens with one attached hydrogen (secondary N) is 1. The normalized spacial score (nSPS) is 10.6. The maximum atomic E-state index is 13.0. The van der Waals surface area contributed by atoms with E-state index in [4.69, 9.17) is 5.73 Å². The average Bonchev–Trinajstić information content (AvgIpc) is 2.31. The van der Waals surface area contributed by atoms with Gasteiger partial charge in [0.05, 0.1) is 6.54 Å². The maximum absolute atomic E-state index is 13.0. The van der Waals surface area contributed by atoms with Crippen LogP contribution in [-0.4, -0.2) is 9.55 Å². The molecule has 3 N–H and O–H groups in total. The van der Waals surface area contributed by atoms with Crippen molar-refractivity contribution in [3.8, 4) is 0 Å². The SMILES string of the molecule is Nc1cn(Cc2ccc(F)c(F)c2)c(=O)[nH]c1=O. The van der Waals surface area contributed by atoms with Crippen molar-refractivity contribution < 1.29 is 8.78 Å². The number of nitrogens with two attached hydrogens (primary N) is 1. The molecule has 0 saturated heterocycles. The molecule has 7 heteroatoms. The molecule has 1 aromatic heterocycles. The standard InChI is InChI=1S/C11H9F2N3O2/c12-7-2-1-6(3-8(7)13)4-16-5-9(14)10(17)15-11(16)18/h1-3,5H,4,14H2,(H,15,17,18). The Morgan fingerprint density at radius 2 is 1.94 bits per heavy atom. The van der Waals surface area contributed by atoms with E-state index in [1.54, 1.807) is 0 Å². The van der Waals surface area contributed by atoms with E-state index in [0.717, 1.165) is 22.9 Å². The quantitative estimate of drug-likeness (QED) is 0.815. The molecule has 2 rings (SSSR count). The van der Waals surface area contributed by atoms with Crippen LogP contribution in [0.3, 0.4) is 0 Å². The van der Waals surface area contributed by atoms with Crippen LogP contribution in [0.15, 0.2) is 34.0 Å². The number of aromatic nitrogens is 2. The Morgan fingerprint density at radius 1 is 1.22 bits per heavy atom. The second kappa shape index (κ2) is 4.44. The van der Waals surface area contributed by atoms with Crippen molar-refractivity contribution in [1.82, 2.24) is 9.55 Å². The van der Waals surface area contributed by atoms with E-state index in [0.29, 0.717) is 5.56 Å². The van der Waals surface area contributed by atoms with Gasteiger partial charge in [-0.15, -0.1) is 0 Å². The summed E-state index contributed by atoms with van der Waals surface area (Å²) in [6.45, 7) is -0.0169. The Kier molecular flexibility index (Phi) is 2.97. The third-order valence-electron chi connectivity index (χ3n) is 2.38. The van der Waals surface area contributed by atoms with Gasteiger partial charge in [0.15, 0.2) is 11.6 Å². The van der Waals surface area contributed by atoms with Gasteiger partial charge in [0.2, 0.25) is 0 Å². The topological polar surface area (TPSA) is 80.9 Å². The molecule has 0 radical (unpaired) electrons. The summed E-state index contributed by atoms with van der Waals surface area (Å²) in [6.07, 6.45) is 1.16. The van der Waals surface area contributed by atoms with Crippen molar-refractivity contribution >= 4 is 5.69 Å². The number of nitrogens with zero attached hydrogens (tertiary/aromatic N) is 1. The summed E-state index contributed by atoms with van der Waals surface area (Å²) < 4.78 is 26.8. The van der Waals surface area contributed by atoms with Crippen molar-refractivity contribution in [3.63, 3.8) is 0 Å². The Hall–Kier alpha value is -2.44. The van der Waals surface area contributed by atoms with E-state index in [2.05, 4.69) is 0 Å². The zero-order valence-electron chi connectivity index (χ0n) is 9.11. The van der Waals surface area contributed by atoms with Gasteiger partial charge in [0.25, 0.3) is 5.56 Å². The van der Waals surface area contributed by atoms with Gasteiger partial charge in [-0.05, 0) is 17.7 Å². The average molecular weight is 253 g/mol. The lowest BCUT2D eigenvalue weighted by molar-refractivity contribution is 0.506. The van der Waals surface area contributed by atoms with Crippen LogP contribution in [0.2, 0.25) is 0 Å². The number of nitrogen functional groups attached to an aromatic ring is 1. The molecule has 0 aliphatic rings. The Bertz CT molecular complexity index is 706. The van der Waals surface area contributed by atoms with Crippen molar-refractivity contribution in [3.05, 3.63) is 62.4 Å². The van der Waals surface area contributed by atoms with E-state index >= 15 is 0 Å². The minimum Gasteiger partial charge on any atom is -0.393 e. The monoisotopic (exact) mass is 253 g/mol. The van der Waals surface area contributed by atoms with E-state index in [-0.39, 0.29) is 12.2 Å². The first-order chi connectivity index (χ1) is 8.47. The molecule has 0 amide bonds.